The smallest absolute Gasteiger partial charge is 0.222 e. The summed E-state index contributed by atoms with van der Waals surface area (Å²) in [6.07, 6.45) is 0.706. The number of hydrogen-bond acceptors (Lipinski definition) is 4. The number of nitrogens with zero attached hydrogens (tertiary/aromatic N) is 2. The first kappa shape index (κ1) is 16.1. The topological polar surface area (TPSA) is 63.8 Å². The standard InChI is InChI=1S/C19H20N2O3/c1-13-7-9-15(10-8-13)24-12-4-11-21-18-14(2)5-3-6-16(18)17(20-23)19(21)22/h3,5-10,22H,4,11-12H2,1-2H3. The summed E-state index contributed by atoms with van der Waals surface area (Å²) in [7, 11) is 0. The molecule has 3 rings (SSSR count). The lowest BCUT2D eigenvalue weighted by Crippen LogP contribution is -2.04. The van der Waals surface area contributed by atoms with Crippen molar-refractivity contribution in [3.8, 4) is 11.6 Å². The number of benzene rings is 2. The van der Waals surface area contributed by atoms with Gasteiger partial charge in [-0.25, -0.2) is 0 Å². The van der Waals surface area contributed by atoms with Gasteiger partial charge >= 0.3 is 0 Å². The highest BCUT2D eigenvalue weighted by molar-refractivity contribution is 5.96. The molecule has 5 nitrogen and oxygen atoms in total. The van der Waals surface area contributed by atoms with Gasteiger partial charge in [-0.1, -0.05) is 35.9 Å². The van der Waals surface area contributed by atoms with Crippen LogP contribution in [0.25, 0.3) is 10.9 Å². The minimum atomic E-state index is -0.0790. The van der Waals surface area contributed by atoms with E-state index in [1.165, 1.54) is 5.56 Å². The number of rotatable bonds is 6. The maximum absolute atomic E-state index is 11.1. The van der Waals surface area contributed by atoms with Crippen LogP contribution in [0.1, 0.15) is 17.5 Å². The molecule has 5 heteroatoms. The van der Waals surface area contributed by atoms with Crippen LogP contribution in [0.4, 0.5) is 5.69 Å². The highest BCUT2D eigenvalue weighted by Crippen LogP contribution is 2.39. The third kappa shape index (κ3) is 2.97. The number of nitroso groups, excluding NO2 is 1. The maximum atomic E-state index is 11.1. The number of aromatic nitrogens is 1. The van der Waals surface area contributed by atoms with Crippen LogP contribution in [0.3, 0.4) is 0 Å². The minimum absolute atomic E-state index is 0.0790. The number of fused-ring (bicyclic) bond motifs is 1. The van der Waals surface area contributed by atoms with E-state index < -0.39 is 0 Å². The zero-order valence-electron chi connectivity index (χ0n) is 13.8. The van der Waals surface area contributed by atoms with Crippen molar-refractivity contribution < 1.29 is 9.84 Å². The van der Waals surface area contributed by atoms with Crippen LogP contribution >= 0.6 is 0 Å². The van der Waals surface area contributed by atoms with Gasteiger partial charge in [-0.2, -0.15) is 0 Å². The Morgan fingerprint density at radius 2 is 1.88 bits per heavy atom. The van der Waals surface area contributed by atoms with Crippen LogP contribution in [0.15, 0.2) is 47.6 Å². The quantitative estimate of drug-likeness (QED) is 0.521. The van der Waals surface area contributed by atoms with Gasteiger partial charge in [0.25, 0.3) is 0 Å². The molecule has 3 aromatic rings. The van der Waals surface area contributed by atoms with Gasteiger partial charge in [0, 0.05) is 11.9 Å². The number of ether oxygens (including phenoxy) is 1. The van der Waals surface area contributed by atoms with Gasteiger partial charge in [0.2, 0.25) is 5.88 Å². The molecule has 2 aromatic carbocycles. The first-order valence-electron chi connectivity index (χ1n) is 7.95. The molecule has 0 amide bonds. The van der Waals surface area contributed by atoms with E-state index in [-0.39, 0.29) is 11.6 Å². The molecule has 0 bridgehead atoms. The van der Waals surface area contributed by atoms with Gasteiger partial charge in [-0.05, 0) is 43.1 Å². The van der Waals surface area contributed by atoms with Crippen LogP contribution in [-0.4, -0.2) is 16.3 Å². The summed E-state index contributed by atoms with van der Waals surface area (Å²) >= 11 is 0. The molecule has 0 unspecified atom stereocenters. The molecule has 0 radical (unpaired) electrons. The van der Waals surface area contributed by atoms with Crippen molar-refractivity contribution >= 4 is 16.6 Å². The molecule has 124 valence electrons. The Hall–Kier alpha value is -2.82. The summed E-state index contributed by atoms with van der Waals surface area (Å²) in [5.74, 6) is 0.748. The maximum Gasteiger partial charge on any atom is 0.222 e. The van der Waals surface area contributed by atoms with Crippen LogP contribution in [0, 0.1) is 18.8 Å². The molecule has 0 aliphatic heterocycles. The minimum Gasteiger partial charge on any atom is -0.494 e. The fourth-order valence-electron chi connectivity index (χ4n) is 2.92. The first-order valence-corrected chi connectivity index (χ1v) is 7.95. The Morgan fingerprint density at radius 3 is 2.58 bits per heavy atom. The Bertz CT molecular complexity index is 866. The average Bonchev–Trinajstić information content (AvgIpc) is 2.86. The van der Waals surface area contributed by atoms with E-state index in [0.717, 1.165) is 16.8 Å². The molecule has 24 heavy (non-hydrogen) atoms. The molecule has 0 spiro atoms. The lowest BCUT2D eigenvalue weighted by molar-refractivity contribution is 0.298. The second kappa shape index (κ2) is 6.74. The van der Waals surface area contributed by atoms with Crippen LogP contribution in [0.2, 0.25) is 0 Å². The Kier molecular flexibility index (Phi) is 4.51. The molecule has 0 aliphatic carbocycles. The molecule has 0 atom stereocenters. The molecule has 1 heterocycles. The third-order valence-electron chi connectivity index (χ3n) is 4.14. The van der Waals surface area contributed by atoms with Gasteiger partial charge in [0.1, 0.15) is 5.75 Å². The second-order valence-corrected chi connectivity index (χ2v) is 5.90. The van der Waals surface area contributed by atoms with Crippen molar-refractivity contribution in [1.29, 1.82) is 0 Å². The Labute approximate surface area is 140 Å². The second-order valence-electron chi connectivity index (χ2n) is 5.90. The highest BCUT2D eigenvalue weighted by atomic mass is 16.5. The molecule has 0 saturated heterocycles. The summed E-state index contributed by atoms with van der Waals surface area (Å²) in [6, 6.07) is 13.5. The lowest BCUT2D eigenvalue weighted by atomic mass is 10.1. The van der Waals surface area contributed by atoms with Gasteiger partial charge in [-0.15, -0.1) is 4.91 Å². The largest absolute Gasteiger partial charge is 0.494 e. The summed E-state index contributed by atoms with van der Waals surface area (Å²) in [5, 5.41) is 14.0. The number of aromatic hydroxyl groups is 1. The Morgan fingerprint density at radius 1 is 1.12 bits per heavy atom. The monoisotopic (exact) mass is 324 g/mol. The fourth-order valence-corrected chi connectivity index (χ4v) is 2.92. The lowest BCUT2D eigenvalue weighted by Gasteiger charge is -2.10. The molecule has 0 saturated carbocycles. The van der Waals surface area contributed by atoms with Gasteiger partial charge in [-0.3, -0.25) is 0 Å². The van der Waals surface area contributed by atoms with E-state index in [9.17, 15) is 10.0 Å². The molecule has 0 fully saturated rings. The average molecular weight is 324 g/mol. The van der Waals surface area contributed by atoms with Crippen LogP contribution < -0.4 is 4.74 Å². The van der Waals surface area contributed by atoms with Crippen molar-refractivity contribution in [2.45, 2.75) is 26.8 Å². The van der Waals surface area contributed by atoms with Crippen LogP contribution in [0.5, 0.6) is 11.6 Å². The molecular formula is C19H20N2O3. The van der Waals surface area contributed by atoms with E-state index in [4.69, 9.17) is 4.74 Å². The van der Waals surface area contributed by atoms with Crippen molar-refractivity contribution in [1.82, 2.24) is 4.57 Å². The fraction of sp³-hybridized carbons (Fsp3) is 0.263. The summed E-state index contributed by atoms with van der Waals surface area (Å²) < 4.78 is 7.45. The van der Waals surface area contributed by atoms with E-state index in [0.29, 0.717) is 25.0 Å². The number of hydrogen-bond donors (Lipinski definition) is 1. The molecule has 1 N–H and O–H groups in total. The summed E-state index contributed by atoms with van der Waals surface area (Å²) in [6.45, 7) is 5.06. The van der Waals surface area contributed by atoms with Crippen molar-refractivity contribution in [2.24, 2.45) is 5.18 Å². The van der Waals surface area contributed by atoms with Crippen molar-refractivity contribution in [3.05, 3.63) is 58.5 Å². The molecule has 0 aliphatic rings. The predicted molar refractivity (Wildman–Crippen MR) is 95.1 cm³/mol. The normalized spacial score (nSPS) is 10.9. The van der Waals surface area contributed by atoms with Gasteiger partial charge in [0.15, 0.2) is 5.69 Å². The van der Waals surface area contributed by atoms with E-state index in [2.05, 4.69) is 5.18 Å². The van der Waals surface area contributed by atoms with E-state index in [1.807, 2.05) is 50.2 Å². The SMILES string of the molecule is Cc1ccc(OCCCn2c(O)c(N=O)c3cccc(C)c32)cc1. The van der Waals surface area contributed by atoms with E-state index in [1.54, 1.807) is 10.6 Å². The summed E-state index contributed by atoms with van der Waals surface area (Å²) in [4.78, 5) is 11.1. The van der Waals surface area contributed by atoms with Crippen LogP contribution in [-0.2, 0) is 6.54 Å². The molecule has 1 aromatic heterocycles. The first-order chi connectivity index (χ1) is 11.6. The molecular weight excluding hydrogens is 304 g/mol. The Balaban J connectivity index is 1.74. The third-order valence-corrected chi connectivity index (χ3v) is 4.14. The zero-order chi connectivity index (χ0) is 17.1. The van der Waals surface area contributed by atoms with Crippen molar-refractivity contribution in [2.75, 3.05) is 6.61 Å². The predicted octanol–water partition coefficient (Wildman–Crippen LogP) is 4.83. The van der Waals surface area contributed by atoms with E-state index >= 15 is 0 Å². The zero-order valence-corrected chi connectivity index (χ0v) is 13.8. The number of aryl methyl sites for hydroxylation is 3. The van der Waals surface area contributed by atoms with Crippen molar-refractivity contribution in [3.63, 3.8) is 0 Å². The van der Waals surface area contributed by atoms with Gasteiger partial charge < -0.3 is 14.4 Å². The highest BCUT2D eigenvalue weighted by Gasteiger charge is 2.18. The number of para-hydroxylation sites is 1. The van der Waals surface area contributed by atoms with Gasteiger partial charge in [0.05, 0.1) is 12.1 Å². The summed E-state index contributed by atoms with van der Waals surface area (Å²) in [5.41, 5.74) is 3.14.